The summed E-state index contributed by atoms with van der Waals surface area (Å²) in [6, 6.07) is 19.4. The molecule has 0 unspecified atom stereocenters. The van der Waals surface area contributed by atoms with Gasteiger partial charge in [0.15, 0.2) is 0 Å². The normalized spacial score (nSPS) is 10.5. The van der Waals surface area contributed by atoms with Gasteiger partial charge in [-0.15, -0.1) is 0 Å². The monoisotopic (exact) mass is 617 g/mol. The minimum atomic E-state index is -0.298. The van der Waals surface area contributed by atoms with Crippen LogP contribution in [0.4, 0.5) is 23.0 Å². The summed E-state index contributed by atoms with van der Waals surface area (Å²) in [6.45, 7) is 1.43. The van der Waals surface area contributed by atoms with Crippen molar-refractivity contribution < 1.29 is 9.59 Å². The highest BCUT2D eigenvalue weighted by Gasteiger charge is 2.15. The van der Waals surface area contributed by atoms with Gasteiger partial charge >= 0.3 is 0 Å². The molecule has 3 N–H and O–H groups in total. The first-order valence-electron chi connectivity index (χ1n) is 10.3. The van der Waals surface area contributed by atoms with E-state index in [1.165, 1.54) is 6.92 Å². The molecule has 2 amide bonds. The second-order valence-electron chi connectivity index (χ2n) is 7.40. The number of hydrogen-bond acceptors (Lipinski definition) is 5. The number of anilines is 4. The maximum atomic E-state index is 12.8. The molecule has 0 saturated heterocycles. The minimum absolute atomic E-state index is 0.178. The fourth-order valence-electron chi connectivity index (χ4n) is 3.28. The van der Waals surface area contributed by atoms with Gasteiger partial charge in [0.05, 0.1) is 21.3 Å². The molecule has 176 valence electrons. The molecular formula is C25H18Cl2IN5O2. The van der Waals surface area contributed by atoms with Crippen molar-refractivity contribution in [2.45, 2.75) is 6.92 Å². The molecule has 4 aromatic rings. The van der Waals surface area contributed by atoms with Gasteiger partial charge in [-0.1, -0.05) is 35.3 Å². The van der Waals surface area contributed by atoms with E-state index in [4.69, 9.17) is 23.2 Å². The molecule has 7 nitrogen and oxygen atoms in total. The van der Waals surface area contributed by atoms with Crippen LogP contribution in [0.25, 0.3) is 11.3 Å². The van der Waals surface area contributed by atoms with Gasteiger partial charge in [0.1, 0.15) is 0 Å². The lowest BCUT2D eigenvalue weighted by molar-refractivity contribution is -0.114. The number of rotatable bonds is 6. The summed E-state index contributed by atoms with van der Waals surface area (Å²) in [6.07, 6.45) is 1.62. The van der Waals surface area contributed by atoms with Gasteiger partial charge in [-0.3, -0.25) is 9.59 Å². The van der Waals surface area contributed by atoms with Gasteiger partial charge in [0, 0.05) is 39.3 Å². The van der Waals surface area contributed by atoms with Gasteiger partial charge in [-0.2, -0.15) is 0 Å². The van der Waals surface area contributed by atoms with Crippen LogP contribution >= 0.6 is 45.8 Å². The molecule has 0 radical (unpaired) electrons. The zero-order valence-electron chi connectivity index (χ0n) is 18.3. The zero-order valence-corrected chi connectivity index (χ0v) is 21.9. The smallest absolute Gasteiger partial charge is 0.258 e. The Morgan fingerprint density at radius 1 is 0.857 bits per heavy atom. The van der Waals surface area contributed by atoms with E-state index in [0.717, 1.165) is 3.57 Å². The third-order valence-corrected chi connectivity index (χ3v) is 6.31. The van der Waals surface area contributed by atoms with Crippen LogP contribution in [0.2, 0.25) is 10.0 Å². The molecule has 0 saturated carbocycles. The van der Waals surface area contributed by atoms with Gasteiger partial charge < -0.3 is 16.0 Å². The zero-order chi connectivity index (χ0) is 24.9. The van der Waals surface area contributed by atoms with E-state index in [9.17, 15) is 9.59 Å². The van der Waals surface area contributed by atoms with E-state index in [1.807, 2.05) is 12.1 Å². The first-order chi connectivity index (χ1) is 16.8. The molecule has 1 aromatic heterocycles. The quantitative estimate of drug-likeness (QED) is 0.202. The molecular weight excluding hydrogens is 600 g/mol. The van der Waals surface area contributed by atoms with E-state index in [0.29, 0.717) is 49.9 Å². The lowest BCUT2D eigenvalue weighted by Crippen LogP contribution is -2.14. The molecule has 0 aliphatic heterocycles. The molecule has 35 heavy (non-hydrogen) atoms. The molecule has 0 spiro atoms. The molecule has 0 fully saturated rings. The van der Waals surface area contributed by atoms with Crippen molar-refractivity contribution >= 4 is 80.6 Å². The Morgan fingerprint density at radius 3 is 2.34 bits per heavy atom. The van der Waals surface area contributed by atoms with E-state index in [2.05, 4.69) is 48.5 Å². The molecule has 0 aliphatic rings. The number of carbonyl (C=O) groups excluding carboxylic acids is 2. The second-order valence-corrected chi connectivity index (χ2v) is 9.37. The van der Waals surface area contributed by atoms with E-state index in [1.54, 1.807) is 60.8 Å². The van der Waals surface area contributed by atoms with Gasteiger partial charge in [-0.25, -0.2) is 9.97 Å². The highest BCUT2D eigenvalue weighted by atomic mass is 127. The number of hydrogen-bond donors (Lipinski definition) is 3. The Morgan fingerprint density at radius 2 is 1.60 bits per heavy atom. The average Bonchev–Trinajstić information content (AvgIpc) is 2.79. The topological polar surface area (TPSA) is 96.0 Å². The number of benzene rings is 3. The average molecular weight is 618 g/mol. The molecule has 0 aliphatic carbocycles. The number of carbonyl (C=O) groups is 2. The van der Waals surface area contributed by atoms with Crippen LogP contribution in [-0.2, 0) is 4.79 Å². The standard InChI is InChI=1S/C25H18Cl2IN5O2/c1-14(34)30-17-8-9-18(20(27)13-17)22-10-11-29-25(33-22)32-16-5-2-4-15(12-16)31-24(35)23-19(26)6-3-7-21(23)28/h2-13H,1H3,(H,30,34)(H,31,35)(H,29,32,33). The van der Waals surface area contributed by atoms with Crippen molar-refractivity contribution in [1.82, 2.24) is 9.97 Å². The minimum Gasteiger partial charge on any atom is -0.326 e. The predicted octanol–water partition coefficient (Wildman–Crippen LogP) is 7.01. The highest BCUT2D eigenvalue weighted by Crippen LogP contribution is 2.30. The first kappa shape index (κ1) is 24.9. The Balaban J connectivity index is 1.52. The second kappa shape index (κ2) is 11.0. The maximum absolute atomic E-state index is 12.8. The number of amides is 2. The van der Waals surface area contributed by atoms with Crippen molar-refractivity contribution in [3.8, 4) is 11.3 Å². The Hall–Kier alpha value is -3.21. The van der Waals surface area contributed by atoms with E-state index in [-0.39, 0.29) is 11.8 Å². The summed E-state index contributed by atoms with van der Waals surface area (Å²) >= 11 is 14.7. The summed E-state index contributed by atoms with van der Waals surface area (Å²) in [7, 11) is 0. The van der Waals surface area contributed by atoms with Gasteiger partial charge in [0.25, 0.3) is 5.91 Å². The summed E-state index contributed by atoms with van der Waals surface area (Å²) < 4.78 is 0.760. The van der Waals surface area contributed by atoms with Crippen LogP contribution in [0.5, 0.6) is 0 Å². The number of nitrogens with zero attached hydrogens (tertiary/aromatic N) is 2. The van der Waals surface area contributed by atoms with Crippen molar-refractivity contribution in [2.24, 2.45) is 0 Å². The lowest BCUT2D eigenvalue weighted by atomic mass is 10.1. The van der Waals surface area contributed by atoms with Crippen LogP contribution in [0.15, 0.2) is 72.9 Å². The number of aromatic nitrogens is 2. The van der Waals surface area contributed by atoms with Crippen molar-refractivity contribution in [2.75, 3.05) is 16.0 Å². The SMILES string of the molecule is CC(=O)Nc1ccc(-c2ccnc(Nc3cccc(NC(=O)c4c(Cl)cccc4I)c3)n2)c(Cl)c1. The van der Waals surface area contributed by atoms with Crippen molar-refractivity contribution in [3.63, 3.8) is 0 Å². The number of nitrogens with one attached hydrogen (secondary N) is 3. The summed E-state index contributed by atoms with van der Waals surface area (Å²) in [4.78, 5) is 32.9. The summed E-state index contributed by atoms with van der Waals surface area (Å²) in [5.41, 5.74) is 3.60. The Bertz CT molecular complexity index is 1410. The van der Waals surface area contributed by atoms with Crippen LogP contribution in [0.3, 0.4) is 0 Å². The van der Waals surface area contributed by atoms with Gasteiger partial charge in [0.2, 0.25) is 11.9 Å². The fraction of sp³-hybridized carbons (Fsp3) is 0.0400. The van der Waals surface area contributed by atoms with Crippen LogP contribution in [0.1, 0.15) is 17.3 Å². The Kier molecular flexibility index (Phi) is 7.84. The third kappa shape index (κ3) is 6.27. The molecule has 10 heteroatoms. The fourth-order valence-corrected chi connectivity index (χ4v) is 4.73. The molecule has 0 atom stereocenters. The van der Waals surface area contributed by atoms with E-state index >= 15 is 0 Å². The van der Waals surface area contributed by atoms with Gasteiger partial charge in [-0.05, 0) is 77.2 Å². The summed E-state index contributed by atoms with van der Waals surface area (Å²) in [5.74, 6) is -0.122. The Labute approximate surface area is 225 Å². The highest BCUT2D eigenvalue weighted by molar-refractivity contribution is 14.1. The predicted molar refractivity (Wildman–Crippen MR) is 149 cm³/mol. The molecule has 4 rings (SSSR count). The first-order valence-corrected chi connectivity index (χ1v) is 12.2. The number of halogens is 3. The lowest BCUT2D eigenvalue weighted by Gasteiger charge is -2.11. The molecule has 3 aromatic carbocycles. The molecule has 0 bridgehead atoms. The van der Waals surface area contributed by atoms with Crippen LogP contribution in [-0.4, -0.2) is 21.8 Å². The largest absolute Gasteiger partial charge is 0.326 e. The van der Waals surface area contributed by atoms with Crippen LogP contribution in [0, 0.1) is 3.57 Å². The van der Waals surface area contributed by atoms with Crippen molar-refractivity contribution in [1.29, 1.82) is 0 Å². The third-order valence-electron chi connectivity index (χ3n) is 4.79. The van der Waals surface area contributed by atoms with Crippen molar-refractivity contribution in [3.05, 3.63) is 92.1 Å². The summed E-state index contributed by atoms with van der Waals surface area (Å²) in [5, 5.41) is 9.55. The maximum Gasteiger partial charge on any atom is 0.258 e. The molecule has 1 heterocycles. The van der Waals surface area contributed by atoms with Crippen LogP contribution < -0.4 is 16.0 Å². The van der Waals surface area contributed by atoms with E-state index < -0.39 is 0 Å².